The fourth-order valence-corrected chi connectivity index (χ4v) is 1.07. The summed E-state index contributed by atoms with van der Waals surface area (Å²) in [4.78, 5) is 17.8. The Hall–Kier alpha value is -1.64. The lowest BCUT2D eigenvalue weighted by Gasteiger charge is -1.96. The minimum Gasteiger partial charge on any atom is -0.319 e. The molecule has 1 aromatic heterocycles. The second kappa shape index (κ2) is 2.44. The van der Waals surface area contributed by atoms with Gasteiger partial charge in [0.05, 0.1) is 11.0 Å². The maximum absolute atomic E-state index is 11.1. The van der Waals surface area contributed by atoms with Gasteiger partial charge in [0, 0.05) is 6.92 Å². The van der Waals surface area contributed by atoms with Gasteiger partial charge in [0.1, 0.15) is 5.69 Å². The molecular formula is C9H7N2O. The van der Waals surface area contributed by atoms with Gasteiger partial charge in [-0.25, -0.2) is 4.98 Å². The van der Waals surface area contributed by atoms with Crippen molar-refractivity contribution in [2.24, 2.45) is 0 Å². The van der Waals surface area contributed by atoms with Crippen LogP contribution in [-0.2, 0) is 0 Å². The second-order valence-corrected chi connectivity index (χ2v) is 2.53. The summed E-state index contributed by atoms with van der Waals surface area (Å²) < 4.78 is 0. The van der Waals surface area contributed by atoms with Crippen molar-refractivity contribution in [3.05, 3.63) is 47.2 Å². The Balaban J connectivity index is 2.93. The van der Waals surface area contributed by atoms with E-state index in [-0.39, 0.29) is 11.3 Å². The number of hydrogen-bond donors (Lipinski definition) is 1. The lowest BCUT2D eigenvalue weighted by molar-refractivity contribution is 1.17. The van der Waals surface area contributed by atoms with E-state index < -0.39 is 0 Å². The number of nitrogens with zero attached hydrogens (tertiary/aromatic N) is 1. The fourth-order valence-electron chi connectivity index (χ4n) is 1.07. The molecule has 0 saturated carbocycles. The minimum atomic E-state index is -0.228. The highest BCUT2D eigenvalue weighted by Crippen LogP contribution is 2.04. The molecule has 0 unspecified atom stereocenters. The highest BCUT2D eigenvalue weighted by atomic mass is 16.1. The number of benzene rings is 1. The number of para-hydroxylation sites is 2. The molecule has 59 valence electrons. The van der Waals surface area contributed by atoms with Crippen molar-refractivity contribution in [1.82, 2.24) is 9.97 Å². The van der Waals surface area contributed by atoms with Gasteiger partial charge in [0.2, 0.25) is 0 Å². The van der Waals surface area contributed by atoms with E-state index in [0.29, 0.717) is 0 Å². The molecule has 1 aromatic carbocycles. The molecule has 0 saturated heterocycles. The molecule has 0 atom stereocenters. The van der Waals surface area contributed by atoms with Crippen molar-refractivity contribution in [3.8, 4) is 0 Å². The summed E-state index contributed by atoms with van der Waals surface area (Å²) in [6, 6.07) is 7.36. The number of aromatic nitrogens is 2. The van der Waals surface area contributed by atoms with Crippen LogP contribution in [0, 0.1) is 6.92 Å². The molecule has 1 radical (unpaired) electrons. The Morgan fingerprint density at radius 2 is 2.08 bits per heavy atom. The molecule has 0 aliphatic rings. The Kier molecular flexibility index (Phi) is 1.43. The van der Waals surface area contributed by atoms with Gasteiger partial charge in [-0.15, -0.1) is 0 Å². The molecule has 0 fully saturated rings. The Morgan fingerprint density at radius 3 is 2.92 bits per heavy atom. The minimum absolute atomic E-state index is 0.228. The molecule has 0 spiro atoms. The first kappa shape index (κ1) is 7.03. The van der Waals surface area contributed by atoms with Crippen LogP contribution in [0.3, 0.4) is 0 Å². The zero-order valence-corrected chi connectivity index (χ0v) is 6.37. The van der Waals surface area contributed by atoms with Gasteiger partial charge in [-0.2, -0.15) is 0 Å². The SMILES string of the molecule is [CH2]c1nc2ccccc2[nH]c1=O. The van der Waals surface area contributed by atoms with Crippen molar-refractivity contribution in [2.45, 2.75) is 0 Å². The maximum Gasteiger partial charge on any atom is 0.270 e. The van der Waals surface area contributed by atoms with Crippen molar-refractivity contribution < 1.29 is 0 Å². The van der Waals surface area contributed by atoms with Gasteiger partial charge < -0.3 is 4.98 Å². The molecule has 0 aliphatic carbocycles. The third-order valence-corrected chi connectivity index (χ3v) is 1.67. The van der Waals surface area contributed by atoms with Crippen molar-refractivity contribution in [2.75, 3.05) is 0 Å². The van der Waals surface area contributed by atoms with Crippen LogP contribution < -0.4 is 5.56 Å². The highest BCUT2D eigenvalue weighted by Gasteiger charge is 1.97. The van der Waals surface area contributed by atoms with Gasteiger partial charge in [0.15, 0.2) is 0 Å². The zero-order valence-electron chi connectivity index (χ0n) is 6.37. The predicted octanol–water partition coefficient (Wildman–Crippen LogP) is 1.11. The average Bonchev–Trinajstić information content (AvgIpc) is 2.07. The molecule has 0 bridgehead atoms. The van der Waals surface area contributed by atoms with E-state index >= 15 is 0 Å². The van der Waals surface area contributed by atoms with Gasteiger partial charge in [-0.05, 0) is 12.1 Å². The predicted molar refractivity (Wildman–Crippen MR) is 46.8 cm³/mol. The maximum atomic E-state index is 11.1. The topological polar surface area (TPSA) is 45.8 Å². The standard InChI is InChI=1S/C9H7N2O/c1-6-9(12)11-8-5-3-2-4-7(8)10-6/h2-5H,1H2,(H,11,12). The molecule has 3 nitrogen and oxygen atoms in total. The smallest absolute Gasteiger partial charge is 0.270 e. The van der Waals surface area contributed by atoms with Crippen molar-refractivity contribution in [1.29, 1.82) is 0 Å². The van der Waals surface area contributed by atoms with Gasteiger partial charge in [-0.1, -0.05) is 12.1 Å². The quantitative estimate of drug-likeness (QED) is 0.625. The van der Waals surface area contributed by atoms with E-state index in [2.05, 4.69) is 16.9 Å². The van der Waals surface area contributed by atoms with E-state index in [1.165, 1.54) is 0 Å². The van der Waals surface area contributed by atoms with Crippen LogP contribution in [0.1, 0.15) is 5.69 Å². The number of fused-ring (bicyclic) bond motifs is 1. The summed E-state index contributed by atoms with van der Waals surface area (Å²) in [5.41, 5.74) is 1.54. The first-order valence-electron chi connectivity index (χ1n) is 3.58. The normalized spacial score (nSPS) is 10.4. The number of hydrogen-bond acceptors (Lipinski definition) is 2. The first-order valence-corrected chi connectivity index (χ1v) is 3.58. The first-order chi connectivity index (χ1) is 5.77. The lowest BCUT2D eigenvalue weighted by atomic mass is 10.3. The van der Waals surface area contributed by atoms with Crippen LogP contribution >= 0.6 is 0 Å². The molecule has 2 rings (SSSR count). The van der Waals surface area contributed by atoms with Crippen molar-refractivity contribution in [3.63, 3.8) is 0 Å². The largest absolute Gasteiger partial charge is 0.319 e. The molecular weight excluding hydrogens is 152 g/mol. The second-order valence-electron chi connectivity index (χ2n) is 2.53. The molecule has 0 amide bonds. The third kappa shape index (κ3) is 0.993. The number of rotatable bonds is 0. The monoisotopic (exact) mass is 159 g/mol. The van der Waals surface area contributed by atoms with Crippen molar-refractivity contribution >= 4 is 11.0 Å². The van der Waals surface area contributed by atoms with Crippen LogP contribution in [0.15, 0.2) is 29.1 Å². The molecule has 1 heterocycles. The number of aromatic amines is 1. The number of nitrogens with one attached hydrogen (secondary N) is 1. The van der Waals surface area contributed by atoms with E-state index in [9.17, 15) is 4.79 Å². The Labute approximate surface area is 69.1 Å². The molecule has 0 aliphatic heterocycles. The number of H-pyrrole nitrogens is 1. The highest BCUT2D eigenvalue weighted by molar-refractivity contribution is 5.73. The summed E-state index contributed by atoms with van der Waals surface area (Å²) in [6.45, 7) is 3.52. The summed E-state index contributed by atoms with van der Waals surface area (Å²) >= 11 is 0. The van der Waals surface area contributed by atoms with Gasteiger partial charge in [0.25, 0.3) is 5.56 Å². The van der Waals surface area contributed by atoms with E-state index in [1.54, 1.807) is 0 Å². The third-order valence-electron chi connectivity index (χ3n) is 1.67. The average molecular weight is 159 g/mol. The molecule has 2 aromatic rings. The molecule has 12 heavy (non-hydrogen) atoms. The van der Waals surface area contributed by atoms with Crippen LogP contribution in [-0.4, -0.2) is 9.97 Å². The lowest BCUT2D eigenvalue weighted by Crippen LogP contribution is -2.11. The van der Waals surface area contributed by atoms with Crippen LogP contribution in [0.25, 0.3) is 11.0 Å². The summed E-state index contributed by atoms with van der Waals surface area (Å²) in [5.74, 6) is 0. The fraction of sp³-hybridized carbons (Fsp3) is 0. The van der Waals surface area contributed by atoms with Crippen LogP contribution in [0.4, 0.5) is 0 Å². The summed E-state index contributed by atoms with van der Waals surface area (Å²) in [6.07, 6.45) is 0. The summed E-state index contributed by atoms with van der Waals surface area (Å²) in [5, 5.41) is 0. The van der Waals surface area contributed by atoms with Crippen LogP contribution in [0.2, 0.25) is 0 Å². The van der Waals surface area contributed by atoms with E-state index in [0.717, 1.165) is 11.0 Å². The van der Waals surface area contributed by atoms with Crippen LogP contribution in [0.5, 0.6) is 0 Å². The summed E-state index contributed by atoms with van der Waals surface area (Å²) in [7, 11) is 0. The van der Waals surface area contributed by atoms with E-state index in [4.69, 9.17) is 0 Å². The van der Waals surface area contributed by atoms with E-state index in [1.807, 2.05) is 24.3 Å². The van der Waals surface area contributed by atoms with Gasteiger partial charge >= 0.3 is 0 Å². The molecule has 1 N–H and O–H groups in total. The van der Waals surface area contributed by atoms with Gasteiger partial charge in [-0.3, -0.25) is 4.79 Å². The Morgan fingerprint density at radius 1 is 1.33 bits per heavy atom. The Bertz CT molecular complexity index is 473. The zero-order chi connectivity index (χ0) is 8.55. The molecule has 3 heteroatoms.